The number of rotatable bonds is 10. The fourth-order valence-corrected chi connectivity index (χ4v) is 5.38. The molecule has 2 N–H and O–H groups in total. The molecule has 0 aliphatic carbocycles. The van der Waals surface area contributed by atoms with Crippen LogP contribution in [0.1, 0.15) is 35.7 Å². The molecular weight excluding hydrogens is 486 g/mol. The van der Waals surface area contributed by atoms with Crippen LogP contribution in [0.4, 0.5) is 19.4 Å². The summed E-state index contributed by atoms with van der Waals surface area (Å²) in [5.41, 5.74) is 2.47. The van der Waals surface area contributed by atoms with Crippen LogP contribution in [-0.4, -0.2) is 77.9 Å². The lowest BCUT2D eigenvalue weighted by Gasteiger charge is -2.43. The van der Waals surface area contributed by atoms with Crippen LogP contribution in [0.2, 0.25) is 0 Å². The van der Waals surface area contributed by atoms with Crippen molar-refractivity contribution in [2.24, 2.45) is 5.41 Å². The summed E-state index contributed by atoms with van der Waals surface area (Å²) in [6.07, 6.45) is 2.49. The Hall–Kier alpha value is -3.47. The molecule has 2 saturated heterocycles. The van der Waals surface area contributed by atoms with Gasteiger partial charge < -0.3 is 29.7 Å². The van der Waals surface area contributed by atoms with Gasteiger partial charge in [0.15, 0.2) is 0 Å². The van der Waals surface area contributed by atoms with Crippen LogP contribution in [0, 0.1) is 5.41 Å². The Kier molecular flexibility index (Phi) is 7.14. The number of aryl methyl sites for hydroxylation is 1. The summed E-state index contributed by atoms with van der Waals surface area (Å²) in [5, 5.41) is 12.9. The lowest BCUT2D eigenvalue weighted by Crippen LogP contribution is -2.53. The second kappa shape index (κ2) is 10.5. The van der Waals surface area contributed by atoms with E-state index in [0.717, 1.165) is 30.9 Å². The molecule has 4 heterocycles. The minimum atomic E-state index is -2.95. The molecule has 2 fully saturated rings. The number of alkyl halides is 2. The molecule has 0 radical (unpaired) electrons. The Morgan fingerprint density at radius 1 is 1.19 bits per heavy atom. The monoisotopic (exact) mass is 516 g/mol. The third kappa shape index (κ3) is 5.61. The first-order chi connectivity index (χ1) is 17.8. The lowest BCUT2D eigenvalue weighted by molar-refractivity contribution is -0.138. The number of pyridine rings is 1. The first kappa shape index (κ1) is 25.2. The number of hydrogen-bond acceptors (Lipinski definition) is 6. The second-order valence-electron chi connectivity index (χ2n) is 9.97. The highest BCUT2D eigenvalue weighted by Gasteiger charge is 2.45. The number of aromatic nitrogens is 1. The van der Waals surface area contributed by atoms with Crippen LogP contribution < -0.4 is 10.1 Å². The fraction of sp³-hybridized carbons (Fsp3) is 0.500. The van der Waals surface area contributed by atoms with Crippen molar-refractivity contribution in [3.8, 4) is 5.75 Å². The Morgan fingerprint density at radius 3 is 2.65 bits per heavy atom. The number of ether oxygens (including phenoxy) is 2. The van der Waals surface area contributed by atoms with E-state index in [2.05, 4.69) is 16.1 Å². The number of aliphatic carboxylic acids is 1. The number of halogens is 2. The molecule has 1 aromatic carbocycles. The van der Waals surface area contributed by atoms with Gasteiger partial charge in [-0.2, -0.15) is 8.78 Å². The van der Waals surface area contributed by atoms with E-state index < -0.39 is 18.6 Å². The van der Waals surface area contributed by atoms with Gasteiger partial charge in [0.25, 0.3) is 0 Å². The van der Waals surface area contributed by atoms with E-state index >= 15 is 0 Å². The van der Waals surface area contributed by atoms with E-state index in [4.69, 9.17) is 9.72 Å². The number of carbonyl (C=O) groups is 2. The van der Waals surface area contributed by atoms with E-state index in [1.165, 1.54) is 29.8 Å². The van der Waals surface area contributed by atoms with Crippen LogP contribution >= 0.6 is 0 Å². The first-order valence-corrected chi connectivity index (χ1v) is 12.4. The van der Waals surface area contributed by atoms with Crippen LogP contribution in [0.15, 0.2) is 36.4 Å². The highest BCUT2D eigenvalue weighted by atomic mass is 19.3. The highest BCUT2D eigenvalue weighted by molar-refractivity contribution is 5.78. The van der Waals surface area contributed by atoms with Crippen molar-refractivity contribution in [2.75, 3.05) is 44.7 Å². The zero-order valence-corrected chi connectivity index (χ0v) is 20.4. The Balaban J connectivity index is 1.28. The van der Waals surface area contributed by atoms with Gasteiger partial charge in [-0.3, -0.25) is 4.79 Å². The quantitative estimate of drug-likeness (QED) is 0.498. The van der Waals surface area contributed by atoms with E-state index in [-0.39, 0.29) is 23.6 Å². The van der Waals surface area contributed by atoms with Crippen molar-refractivity contribution in [1.82, 2.24) is 14.8 Å². The van der Waals surface area contributed by atoms with Gasteiger partial charge in [-0.1, -0.05) is 18.2 Å². The number of carboxylic acid groups (broad SMARTS) is 1. The van der Waals surface area contributed by atoms with Gasteiger partial charge in [0.05, 0.1) is 25.7 Å². The number of hydrogen-bond donors (Lipinski definition) is 2. The molecule has 2 amide bonds. The van der Waals surface area contributed by atoms with Gasteiger partial charge in [-0.25, -0.2) is 9.78 Å². The summed E-state index contributed by atoms with van der Waals surface area (Å²) in [7, 11) is 0. The van der Waals surface area contributed by atoms with Gasteiger partial charge >= 0.3 is 18.6 Å². The minimum absolute atomic E-state index is 0.0277. The normalized spacial score (nSPS) is 19.3. The molecule has 11 heteroatoms. The zero-order valence-electron chi connectivity index (χ0n) is 20.4. The van der Waals surface area contributed by atoms with Gasteiger partial charge in [0.1, 0.15) is 11.6 Å². The number of fused-ring (bicyclic) bond motifs is 1. The molecule has 9 nitrogen and oxygen atoms in total. The third-order valence-corrected chi connectivity index (χ3v) is 7.21. The van der Waals surface area contributed by atoms with Crippen LogP contribution in [0.3, 0.4) is 0 Å². The molecule has 2 aromatic rings. The van der Waals surface area contributed by atoms with Crippen LogP contribution in [-0.2, 0) is 22.4 Å². The van der Waals surface area contributed by atoms with E-state index in [0.29, 0.717) is 44.8 Å². The molecule has 0 spiro atoms. The average Bonchev–Trinajstić information content (AvgIpc) is 3.20. The van der Waals surface area contributed by atoms with Crippen LogP contribution in [0.5, 0.6) is 5.75 Å². The van der Waals surface area contributed by atoms with E-state index in [1.807, 2.05) is 6.07 Å². The molecule has 198 valence electrons. The average molecular weight is 517 g/mol. The standard InChI is InChI=1S/C26H30F2N4O5/c27-24(28)37-20-7-4-17(5-8-20)21(12-22(33)34)32-11-10-31(25(32)35)14-26(15-36-16-26)13-19-6-3-18-2-1-9-29-23(18)30-19/h3-8,21,24H,1-2,9-16H2,(H,29,30)(H,33,34)/t21-/m0/s1. The van der Waals surface area contributed by atoms with Crippen molar-refractivity contribution in [3.63, 3.8) is 0 Å². The Morgan fingerprint density at radius 2 is 1.97 bits per heavy atom. The maximum atomic E-state index is 13.4. The summed E-state index contributed by atoms with van der Waals surface area (Å²) < 4.78 is 35.0. The predicted molar refractivity (Wildman–Crippen MR) is 130 cm³/mol. The number of carboxylic acids is 1. The van der Waals surface area contributed by atoms with Gasteiger partial charge in [0, 0.05) is 43.7 Å². The number of nitrogens with zero attached hydrogens (tertiary/aromatic N) is 3. The Labute approximate surface area is 213 Å². The largest absolute Gasteiger partial charge is 0.481 e. The summed E-state index contributed by atoms with van der Waals surface area (Å²) in [6.45, 7) is 0.308. The van der Waals surface area contributed by atoms with Gasteiger partial charge in [-0.15, -0.1) is 0 Å². The fourth-order valence-electron chi connectivity index (χ4n) is 5.38. The molecule has 3 aliphatic heterocycles. The number of amides is 2. The highest BCUT2D eigenvalue weighted by Crippen LogP contribution is 2.36. The number of nitrogens with one attached hydrogen (secondary N) is 1. The molecule has 3 aliphatic rings. The smallest absolute Gasteiger partial charge is 0.387 e. The van der Waals surface area contributed by atoms with Crippen LogP contribution in [0.25, 0.3) is 0 Å². The predicted octanol–water partition coefficient (Wildman–Crippen LogP) is 3.55. The summed E-state index contributed by atoms with van der Waals surface area (Å²) in [4.78, 5) is 33.2. The molecular formula is C26H30F2N4O5. The second-order valence-corrected chi connectivity index (χ2v) is 9.97. The van der Waals surface area contributed by atoms with Crippen molar-refractivity contribution in [2.45, 2.75) is 38.3 Å². The number of urea groups is 1. The summed E-state index contributed by atoms with van der Waals surface area (Å²) in [5.74, 6) is -0.149. The van der Waals surface area contributed by atoms with Crippen molar-refractivity contribution in [3.05, 3.63) is 53.2 Å². The maximum absolute atomic E-state index is 13.4. The molecule has 1 atom stereocenters. The van der Waals surface area contributed by atoms with E-state index in [1.54, 1.807) is 9.80 Å². The number of benzene rings is 1. The molecule has 0 unspecified atom stereocenters. The third-order valence-electron chi connectivity index (χ3n) is 7.21. The SMILES string of the molecule is O=C(O)C[C@@H](c1ccc(OC(F)F)cc1)N1CCN(CC2(Cc3ccc4c(n3)NCCC4)COC2)C1=O. The number of anilines is 1. The summed E-state index contributed by atoms with van der Waals surface area (Å²) >= 11 is 0. The Bertz CT molecular complexity index is 1140. The zero-order chi connectivity index (χ0) is 26.0. The summed E-state index contributed by atoms with van der Waals surface area (Å²) in [6, 6.07) is 8.97. The van der Waals surface area contributed by atoms with Crippen molar-refractivity contribution < 1.29 is 33.0 Å². The van der Waals surface area contributed by atoms with E-state index in [9.17, 15) is 23.5 Å². The molecule has 37 heavy (non-hydrogen) atoms. The van der Waals surface area contributed by atoms with Crippen molar-refractivity contribution >= 4 is 17.8 Å². The molecule has 1 aromatic heterocycles. The topological polar surface area (TPSA) is 104 Å². The molecule has 0 saturated carbocycles. The molecule has 0 bridgehead atoms. The lowest BCUT2D eigenvalue weighted by atomic mass is 9.80. The minimum Gasteiger partial charge on any atom is -0.481 e. The molecule has 5 rings (SSSR count). The van der Waals surface area contributed by atoms with Crippen molar-refractivity contribution in [1.29, 1.82) is 0 Å². The first-order valence-electron chi connectivity index (χ1n) is 12.4. The number of carbonyl (C=O) groups excluding carboxylic acids is 1. The van der Waals surface area contributed by atoms with Gasteiger partial charge in [-0.05, 0) is 42.2 Å². The maximum Gasteiger partial charge on any atom is 0.387 e. The van der Waals surface area contributed by atoms with Gasteiger partial charge in [0.2, 0.25) is 0 Å².